The minimum Gasteiger partial charge on any atom is -0.350 e. The summed E-state index contributed by atoms with van der Waals surface area (Å²) in [5, 5.41) is 3.05. The molecule has 0 spiro atoms. The first kappa shape index (κ1) is 13.5. The van der Waals surface area contributed by atoms with Crippen molar-refractivity contribution in [3.8, 4) is 0 Å². The molecule has 4 heteroatoms. The van der Waals surface area contributed by atoms with Gasteiger partial charge in [-0.05, 0) is 39.7 Å². The van der Waals surface area contributed by atoms with Crippen molar-refractivity contribution in [3.05, 3.63) is 0 Å². The maximum Gasteiger partial charge on any atom is 0.234 e. The number of carbonyl (C=O) groups excluding carboxylic acids is 1. The summed E-state index contributed by atoms with van der Waals surface area (Å²) in [6.45, 7) is 8.50. The number of nitrogens with one attached hydrogen (secondary N) is 1. The van der Waals surface area contributed by atoms with Crippen LogP contribution in [0.2, 0.25) is 0 Å². The highest BCUT2D eigenvalue weighted by Gasteiger charge is 2.22. The Balaban J connectivity index is 2.33. The van der Waals surface area contributed by atoms with Crippen molar-refractivity contribution in [2.24, 2.45) is 5.73 Å². The molecule has 0 aliphatic carbocycles. The van der Waals surface area contributed by atoms with E-state index in [1.165, 1.54) is 0 Å². The van der Waals surface area contributed by atoms with E-state index in [0.29, 0.717) is 6.54 Å². The van der Waals surface area contributed by atoms with Crippen LogP contribution in [0.3, 0.4) is 0 Å². The van der Waals surface area contributed by atoms with Gasteiger partial charge in [-0.3, -0.25) is 9.69 Å². The summed E-state index contributed by atoms with van der Waals surface area (Å²) in [5.41, 5.74) is 5.78. The van der Waals surface area contributed by atoms with Gasteiger partial charge < -0.3 is 11.1 Å². The number of hydrogen-bond donors (Lipinski definition) is 2. The van der Waals surface area contributed by atoms with E-state index in [1.807, 2.05) is 13.8 Å². The van der Waals surface area contributed by atoms with Crippen LogP contribution in [0.25, 0.3) is 0 Å². The van der Waals surface area contributed by atoms with Crippen LogP contribution >= 0.6 is 0 Å². The van der Waals surface area contributed by atoms with E-state index in [9.17, 15) is 4.79 Å². The van der Waals surface area contributed by atoms with Gasteiger partial charge in [-0.15, -0.1) is 0 Å². The largest absolute Gasteiger partial charge is 0.350 e. The van der Waals surface area contributed by atoms with Gasteiger partial charge in [0.25, 0.3) is 0 Å². The molecule has 3 N–H and O–H groups in total. The number of piperidine rings is 1. The highest BCUT2D eigenvalue weighted by Crippen LogP contribution is 2.09. The van der Waals surface area contributed by atoms with Gasteiger partial charge in [0, 0.05) is 18.1 Å². The molecule has 0 bridgehead atoms. The first-order valence-electron chi connectivity index (χ1n) is 6.22. The second-order valence-electron chi connectivity index (χ2n) is 5.42. The van der Waals surface area contributed by atoms with E-state index in [1.54, 1.807) is 0 Å². The van der Waals surface area contributed by atoms with Crippen LogP contribution in [0.4, 0.5) is 0 Å². The molecule has 4 nitrogen and oxygen atoms in total. The van der Waals surface area contributed by atoms with Gasteiger partial charge in [-0.25, -0.2) is 0 Å². The van der Waals surface area contributed by atoms with Gasteiger partial charge in [0.1, 0.15) is 0 Å². The lowest BCUT2D eigenvalue weighted by atomic mass is 10.0. The Labute approximate surface area is 98.6 Å². The number of nitrogens with two attached hydrogens (primary N) is 1. The predicted octanol–water partition coefficient (Wildman–Crippen LogP) is 0.714. The van der Waals surface area contributed by atoms with Crippen LogP contribution in [-0.4, -0.2) is 42.0 Å². The molecule has 0 aromatic rings. The molecule has 0 radical (unpaired) electrons. The molecule has 1 fully saturated rings. The van der Waals surface area contributed by atoms with Crippen LogP contribution in [0.1, 0.15) is 40.0 Å². The first-order valence-corrected chi connectivity index (χ1v) is 6.22. The number of rotatable bonds is 4. The Morgan fingerprint density at radius 2 is 2.25 bits per heavy atom. The smallest absolute Gasteiger partial charge is 0.234 e. The molecule has 0 saturated carbocycles. The van der Waals surface area contributed by atoms with Crippen LogP contribution in [0.5, 0.6) is 0 Å². The van der Waals surface area contributed by atoms with Gasteiger partial charge in [0.05, 0.1) is 6.54 Å². The van der Waals surface area contributed by atoms with Gasteiger partial charge in [-0.2, -0.15) is 0 Å². The minimum absolute atomic E-state index is 0.102. The summed E-state index contributed by atoms with van der Waals surface area (Å²) in [7, 11) is 0. The minimum atomic E-state index is -0.102. The van der Waals surface area contributed by atoms with Gasteiger partial charge >= 0.3 is 0 Å². The zero-order chi connectivity index (χ0) is 12.2. The molecule has 1 saturated heterocycles. The quantitative estimate of drug-likeness (QED) is 0.744. The standard InChI is InChI=1S/C12H25N3O/c1-4-12(2,3)14-11(16)9-15-7-5-6-10(13)8-15/h10H,4-9,13H2,1-3H3,(H,14,16). The molecule has 1 rings (SSSR count). The van der Waals surface area contributed by atoms with E-state index < -0.39 is 0 Å². The molecule has 1 unspecified atom stereocenters. The lowest BCUT2D eigenvalue weighted by molar-refractivity contribution is -0.124. The summed E-state index contributed by atoms with van der Waals surface area (Å²) < 4.78 is 0. The third-order valence-electron chi connectivity index (χ3n) is 3.27. The van der Waals surface area contributed by atoms with E-state index in [2.05, 4.69) is 17.1 Å². The summed E-state index contributed by atoms with van der Waals surface area (Å²) in [6, 6.07) is 0.237. The van der Waals surface area contributed by atoms with E-state index in [4.69, 9.17) is 5.73 Å². The predicted molar refractivity (Wildman–Crippen MR) is 66.2 cm³/mol. The second kappa shape index (κ2) is 5.64. The third-order valence-corrected chi connectivity index (χ3v) is 3.27. The van der Waals surface area contributed by atoms with Crippen LogP contribution in [0.15, 0.2) is 0 Å². The fourth-order valence-corrected chi connectivity index (χ4v) is 1.94. The molecule has 1 aliphatic heterocycles. The van der Waals surface area contributed by atoms with Crippen molar-refractivity contribution in [3.63, 3.8) is 0 Å². The van der Waals surface area contributed by atoms with Crippen LogP contribution in [-0.2, 0) is 4.79 Å². The molecule has 0 aromatic heterocycles. The highest BCUT2D eigenvalue weighted by atomic mass is 16.2. The fraction of sp³-hybridized carbons (Fsp3) is 0.917. The molecular formula is C12H25N3O. The highest BCUT2D eigenvalue weighted by molar-refractivity contribution is 5.78. The van der Waals surface area contributed by atoms with Crippen molar-refractivity contribution in [2.75, 3.05) is 19.6 Å². The lowest BCUT2D eigenvalue weighted by Crippen LogP contribution is -2.50. The van der Waals surface area contributed by atoms with Crippen molar-refractivity contribution in [1.29, 1.82) is 0 Å². The Morgan fingerprint density at radius 1 is 1.56 bits per heavy atom. The topological polar surface area (TPSA) is 58.4 Å². The second-order valence-corrected chi connectivity index (χ2v) is 5.42. The molecule has 1 aliphatic rings. The maximum absolute atomic E-state index is 11.8. The van der Waals surface area contributed by atoms with Gasteiger partial charge in [0.15, 0.2) is 0 Å². The monoisotopic (exact) mass is 227 g/mol. The summed E-state index contributed by atoms with van der Waals surface area (Å²) >= 11 is 0. The Hall–Kier alpha value is -0.610. The molecule has 0 aromatic carbocycles. The average molecular weight is 227 g/mol. The van der Waals surface area contributed by atoms with Crippen LogP contribution < -0.4 is 11.1 Å². The van der Waals surface area contributed by atoms with E-state index in [-0.39, 0.29) is 17.5 Å². The Bertz CT molecular complexity index is 240. The molecule has 94 valence electrons. The third kappa shape index (κ3) is 4.49. The number of nitrogens with zero attached hydrogens (tertiary/aromatic N) is 1. The molecule has 16 heavy (non-hydrogen) atoms. The van der Waals surface area contributed by atoms with Gasteiger partial charge in [-0.1, -0.05) is 6.92 Å². The number of hydrogen-bond acceptors (Lipinski definition) is 3. The van der Waals surface area contributed by atoms with Crippen molar-refractivity contribution < 1.29 is 4.79 Å². The zero-order valence-corrected chi connectivity index (χ0v) is 10.8. The average Bonchev–Trinajstić information content (AvgIpc) is 2.16. The van der Waals surface area contributed by atoms with Crippen molar-refractivity contribution >= 4 is 5.91 Å². The molecule has 1 amide bonds. The van der Waals surface area contributed by atoms with E-state index >= 15 is 0 Å². The summed E-state index contributed by atoms with van der Waals surface area (Å²) in [6.07, 6.45) is 3.13. The summed E-state index contributed by atoms with van der Waals surface area (Å²) in [5.74, 6) is 0.112. The Morgan fingerprint density at radius 3 is 2.81 bits per heavy atom. The number of amides is 1. The Kier molecular flexibility index (Phi) is 4.74. The van der Waals surface area contributed by atoms with Crippen molar-refractivity contribution in [1.82, 2.24) is 10.2 Å². The first-order chi connectivity index (χ1) is 7.43. The van der Waals surface area contributed by atoms with Crippen molar-refractivity contribution in [2.45, 2.75) is 51.6 Å². The SMILES string of the molecule is CCC(C)(C)NC(=O)CN1CCCC(N)C1. The lowest BCUT2D eigenvalue weighted by Gasteiger charge is -2.32. The van der Waals surface area contributed by atoms with E-state index in [0.717, 1.165) is 32.4 Å². The number of carbonyl (C=O) groups is 1. The molecular weight excluding hydrogens is 202 g/mol. The zero-order valence-electron chi connectivity index (χ0n) is 10.8. The van der Waals surface area contributed by atoms with Gasteiger partial charge in [0.2, 0.25) is 5.91 Å². The molecule has 1 atom stereocenters. The maximum atomic E-state index is 11.8. The normalized spacial score (nSPS) is 23.1. The van der Waals surface area contributed by atoms with Crippen LogP contribution in [0, 0.1) is 0 Å². The number of likely N-dealkylation sites (tertiary alicyclic amines) is 1. The molecule has 1 heterocycles. The fourth-order valence-electron chi connectivity index (χ4n) is 1.94. The summed E-state index contributed by atoms with van der Waals surface area (Å²) in [4.78, 5) is 13.9.